The molecule has 4 rings (SSSR count). The molecule has 4 aromatic carbocycles. The molecule has 0 spiro atoms. The topological polar surface area (TPSA) is 138 Å². The van der Waals surface area contributed by atoms with Crippen molar-refractivity contribution >= 4 is 18.0 Å². The number of benzene rings is 4. The largest absolute Gasteiger partial charge is 0.465 e. The summed E-state index contributed by atoms with van der Waals surface area (Å²) in [4.78, 5) is 39.8. The number of hydrogen-bond donors (Lipinski definition) is 5. The SMILES string of the molecule is CCOC(=O)[C@H](NCc1ccc(CNCc2ccccc2)cc1)[C@H](O)[C@H](Cc1ccccc1)NC(=O)[C@@H](NC(=O)OCc1ccccc1)C(C)C. The Morgan fingerprint density at radius 3 is 1.69 bits per heavy atom. The number of carbonyl (C=O) groups excluding carboxylic acids is 3. The average molecular weight is 695 g/mol. The van der Waals surface area contributed by atoms with Crippen molar-refractivity contribution in [2.24, 2.45) is 5.92 Å². The first-order valence-electron chi connectivity index (χ1n) is 17.5. The Morgan fingerprint density at radius 2 is 1.14 bits per heavy atom. The van der Waals surface area contributed by atoms with Crippen molar-refractivity contribution in [2.75, 3.05) is 6.61 Å². The minimum absolute atomic E-state index is 0.0508. The molecule has 4 aromatic rings. The highest BCUT2D eigenvalue weighted by molar-refractivity contribution is 5.86. The van der Waals surface area contributed by atoms with Gasteiger partial charge in [0, 0.05) is 19.6 Å². The Balaban J connectivity index is 1.43. The maximum Gasteiger partial charge on any atom is 0.408 e. The fraction of sp³-hybridized carbons (Fsp3) is 0.341. The monoisotopic (exact) mass is 694 g/mol. The lowest BCUT2D eigenvalue weighted by atomic mass is 9.94. The van der Waals surface area contributed by atoms with E-state index in [2.05, 4.69) is 33.4 Å². The Kier molecular flexibility index (Phi) is 15.7. The molecule has 10 heteroatoms. The van der Waals surface area contributed by atoms with E-state index in [-0.39, 0.29) is 32.1 Å². The third-order valence-electron chi connectivity index (χ3n) is 8.41. The van der Waals surface area contributed by atoms with E-state index in [9.17, 15) is 19.5 Å². The minimum atomic E-state index is -1.38. The first-order valence-corrected chi connectivity index (χ1v) is 17.5. The molecule has 0 radical (unpaired) electrons. The third kappa shape index (κ3) is 13.0. The van der Waals surface area contributed by atoms with E-state index in [1.165, 1.54) is 5.56 Å². The van der Waals surface area contributed by atoms with Gasteiger partial charge in [0.1, 0.15) is 24.8 Å². The van der Waals surface area contributed by atoms with Crippen LogP contribution in [0.25, 0.3) is 0 Å². The fourth-order valence-electron chi connectivity index (χ4n) is 5.58. The lowest BCUT2D eigenvalue weighted by Gasteiger charge is -2.32. The molecule has 51 heavy (non-hydrogen) atoms. The number of nitrogens with one attached hydrogen (secondary N) is 4. The highest BCUT2D eigenvalue weighted by atomic mass is 16.5. The summed E-state index contributed by atoms with van der Waals surface area (Å²) in [6.45, 7) is 7.21. The number of ether oxygens (including phenoxy) is 2. The van der Waals surface area contributed by atoms with Gasteiger partial charge in [-0.2, -0.15) is 0 Å². The van der Waals surface area contributed by atoms with Gasteiger partial charge in [0.25, 0.3) is 0 Å². The third-order valence-corrected chi connectivity index (χ3v) is 8.41. The molecule has 4 atom stereocenters. The van der Waals surface area contributed by atoms with Gasteiger partial charge in [-0.3, -0.25) is 14.9 Å². The van der Waals surface area contributed by atoms with Gasteiger partial charge in [-0.1, -0.05) is 129 Å². The number of aliphatic hydroxyl groups excluding tert-OH is 1. The molecule has 0 saturated carbocycles. The van der Waals surface area contributed by atoms with Gasteiger partial charge in [-0.25, -0.2) is 4.79 Å². The van der Waals surface area contributed by atoms with Gasteiger partial charge in [-0.15, -0.1) is 0 Å². The number of alkyl carbamates (subject to hydrolysis) is 1. The van der Waals surface area contributed by atoms with E-state index in [1.54, 1.807) is 20.8 Å². The quantitative estimate of drug-likeness (QED) is 0.0862. The zero-order chi connectivity index (χ0) is 36.4. The lowest BCUT2D eigenvalue weighted by Crippen LogP contribution is -2.60. The summed E-state index contributed by atoms with van der Waals surface area (Å²) in [7, 11) is 0. The summed E-state index contributed by atoms with van der Waals surface area (Å²) in [5.74, 6) is -1.46. The molecular weight excluding hydrogens is 644 g/mol. The maximum atomic E-state index is 13.8. The van der Waals surface area contributed by atoms with Crippen LogP contribution in [0.4, 0.5) is 4.79 Å². The molecule has 0 aromatic heterocycles. The van der Waals surface area contributed by atoms with Gasteiger partial charge >= 0.3 is 12.1 Å². The predicted molar refractivity (Wildman–Crippen MR) is 197 cm³/mol. The smallest absolute Gasteiger partial charge is 0.408 e. The van der Waals surface area contributed by atoms with Gasteiger partial charge in [0.15, 0.2) is 0 Å². The fourth-order valence-corrected chi connectivity index (χ4v) is 5.58. The van der Waals surface area contributed by atoms with Crippen LogP contribution in [-0.2, 0) is 51.7 Å². The second kappa shape index (κ2) is 20.6. The standard InChI is InChI=1S/C41H50N4O6/c1-4-50-40(48)37(43-27-33-22-20-32(21-23-33)26-42-25-31-16-10-6-11-17-31)38(46)35(24-30-14-8-5-9-15-30)44-39(47)36(29(2)3)45-41(49)51-28-34-18-12-7-13-19-34/h5-23,29,35-38,42-43,46H,4,24-28H2,1-3H3,(H,44,47)(H,45,49)/t35-,36-,37+,38+/m0/s1. The van der Waals surface area contributed by atoms with Crippen molar-refractivity contribution in [1.82, 2.24) is 21.3 Å². The molecule has 5 N–H and O–H groups in total. The van der Waals surface area contributed by atoms with Crippen LogP contribution < -0.4 is 21.3 Å². The van der Waals surface area contributed by atoms with Crippen LogP contribution in [0.15, 0.2) is 115 Å². The number of esters is 1. The number of hydrogen-bond acceptors (Lipinski definition) is 8. The van der Waals surface area contributed by atoms with Crippen molar-refractivity contribution in [3.05, 3.63) is 143 Å². The van der Waals surface area contributed by atoms with E-state index < -0.39 is 42.2 Å². The zero-order valence-corrected chi connectivity index (χ0v) is 29.6. The van der Waals surface area contributed by atoms with Gasteiger partial charge in [-0.05, 0) is 47.1 Å². The Morgan fingerprint density at radius 1 is 0.627 bits per heavy atom. The molecule has 2 amide bonds. The molecule has 0 aliphatic heterocycles. The molecular formula is C41H50N4O6. The Labute approximate surface area is 301 Å². The second-order valence-electron chi connectivity index (χ2n) is 12.7. The lowest BCUT2D eigenvalue weighted by molar-refractivity contribution is -0.150. The molecule has 0 bridgehead atoms. The highest BCUT2D eigenvalue weighted by Crippen LogP contribution is 2.14. The Hall–Kier alpha value is -5.03. The first kappa shape index (κ1) is 38.8. The minimum Gasteiger partial charge on any atom is -0.465 e. The van der Waals surface area contributed by atoms with Crippen molar-refractivity contribution in [1.29, 1.82) is 0 Å². The van der Waals surface area contributed by atoms with Gasteiger partial charge < -0.3 is 30.5 Å². The van der Waals surface area contributed by atoms with Crippen LogP contribution >= 0.6 is 0 Å². The summed E-state index contributed by atoms with van der Waals surface area (Å²) >= 11 is 0. The molecule has 0 aliphatic carbocycles. The summed E-state index contributed by atoms with van der Waals surface area (Å²) in [6.07, 6.45) is -1.90. The van der Waals surface area contributed by atoms with Gasteiger partial charge in [0.05, 0.1) is 12.6 Å². The number of rotatable bonds is 19. The van der Waals surface area contributed by atoms with Crippen LogP contribution in [0.3, 0.4) is 0 Å². The Bertz CT molecular complexity index is 1620. The summed E-state index contributed by atoms with van der Waals surface area (Å²) in [5.41, 5.74) is 4.89. The summed E-state index contributed by atoms with van der Waals surface area (Å²) in [5, 5.41) is 24.0. The van der Waals surface area contributed by atoms with Crippen molar-refractivity contribution < 1.29 is 29.0 Å². The van der Waals surface area contributed by atoms with Crippen LogP contribution in [0, 0.1) is 5.92 Å². The zero-order valence-electron chi connectivity index (χ0n) is 29.6. The van der Waals surface area contributed by atoms with Crippen LogP contribution in [0.2, 0.25) is 0 Å². The molecule has 0 aliphatic rings. The van der Waals surface area contributed by atoms with Crippen molar-refractivity contribution in [3.63, 3.8) is 0 Å². The van der Waals surface area contributed by atoms with E-state index in [0.29, 0.717) is 6.54 Å². The summed E-state index contributed by atoms with van der Waals surface area (Å²) < 4.78 is 10.7. The summed E-state index contributed by atoms with van der Waals surface area (Å²) in [6, 6.07) is 33.7. The van der Waals surface area contributed by atoms with Gasteiger partial charge in [0.2, 0.25) is 5.91 Å². The predicted octanol–water partition coefficient (Wildman–Crippen LogP) is 5.04. The first-order chi connectivity index (χ1) is 24.7. The van der Waals surface area contributed by atoms with E-state index in [4.69, 9.17) is 9.47 Å². The van der Waals surface area contributed by atoms with Crippen LogP contribution in [-0.4, -0.2) is 53.9 Å². The normalized spacial score (nSPS) is 13.4. The van der Waals surface area contributed by atoms with E-state index in [1.807, 2.05) is 103 Å². The number of carbonyl (C=O) groups is 3. The highest BCUT2D eigenvalue weighted by Gasteiger charge is 2.36. The maximum absolute atomic E-state index is 13.8. The van der Waals surface area contributed by atoms with Crippen LogP contribution in [0.1, 0.15) is 48.6 Å². The molecule has 0 fully saturated rings. The van der Waals surface area contributed by atoms with Crippen molar-refractivity contribution in [2.45, 2.75) is 77.7 Å². The van der Waals surface area contributed by atoms with Crippen molar-refractivity contribution in [3.8, 4) is 0 Å². The number of amides is 2. The van der Waals surface area contributed by atoms with Crippen LogP contribution in [0.5, 0.6) is 0 Å². The second-order valence-corrected chi connectivity index (χ2v) is 12.7. The average Bonchev–Trinajstić information content (AvgIpc) is 3.14. The molecule has 10 nitrogen and oxygen atoms in total. The molecule has 0 unspecified atom stereocenters. The molecule has 0 saturated heterocycles. The number of aliphatic hydroxyl groups is 1. The van der Waals surface area contributed by atoms with E-state index in [0.717, 1.165) is 28.8 Å². The molecule has 270 valence electrons. The molecule has 0 heterocycles. The van der Waals surface area contributed by atoms with E-state index >= 15 is 0 Å².